The highest BCUT2D eigenvalue weighted by atomic mass is 16.5. The van der Waals surface area contributed by atoms with E-state index in [2.05, 4.69) is 38.6 Å². The second kappa shape index (κ2) is 4.52. The first-order valence-corrected chi connectivity index (χ1v) is 6.69. The summed E-state index contributed by atoms with van der Waals surface area (Å²) in [6, 6.07) is 12.2. The maximum Gasteiger partial charge on any atom is 0.227 e. The number of aromatic amines is 1. The van der Waals surface area contributed by atoms with Crippen molar-refractivity contribution in [2.24, 2.45) is 0 Å². The van der Waals surface area contributed by atoms with Crippen molar-refractivity contribution in [1.82, 2.24) is 15.1 Å². The Morgan fingerprint density at radius 3 is 3.05 bits per heavy atom. The van der Waals surface area contributed by atoms with Gasteiger partial charge >= 0.3 is 0 Å². The van der Waals surface area contributed by atoms with Crippen LogP contribution in [0.4, 0.5) is 5.69 Å². The largest absolute Gasteiger partial charge is 0.384 e. The van der Waals surface area contributed by atoms with Crippen LogP contribution in [0.3, 0.4) is 0 Å². The standard InChI is InChI=1S/C15H14N4O/c1-2-5-12-11(4-1)10(9-17-12)8-14-18-15(19-20-14)13-6-3-7-16-13/h1-7,10,16-17H,8-9H2. The van der Waals surface area contributed by atoms with Crippen LogP contribution in [-0.4, -0.2) is 21.7 Å². The smallest absolute Gasteiger partial charge is 0.227 e. The fourth-order valence-electron chi connectivity index (χ4n) is 2.67. The van der Waals surface area contributed by atoms with Crippen molar-refractivity contribution >= 4 is 5.69 Å². The van der Waals surface area contributed by atoms with E-state index in [0.29, 0.717) is 17.6 Å². The minimum Gasteiger partial charge on any atom is -0.384 e. The van der Waals surface area contributed by atoms with Gasteiger partial charge in [0.1, 0.15) is 0 Å². The molecule has 2 aromatic heterocycles. The zero-order valence-electron chi connectivity index (χ0n) is 10.8. The fraction of sp³-hybridized carbons (Fsp3) is 0.200. The topological polar surface area (TPSA) is 66.7 Å². The predicted octanol–water partition coefficient (Wildman–Crippen LogP) is 2.82. The first kappa shape index (κ1) is 11.3. The number of fused-ring (bicyclic) bond motifs is 1. The monoisotopic (exact) mass is 266 g/mol. The Morgan fingerprint density at radius 2 is 2.15 bits per heavy atom. The first-order valence-electron chi connectivity index (χ1n) is 6.69. The Hall–Kier alpha value is -2.56. The number of H-pyrrole nitrogens is 1. The zero-order valence-corrected chi connectivity index (χ0v) is 10.8. The number of benzene rings is 1. The van der Waals surface area contributed by atoms with Crippen LogP contribution in [0, 0.1) is 0 Å². The van der Waals surface area contributed by atoms with Crippen LogP contribution in [0.15, 0.2) is 47.1 Å². The molecule has 5 nitrogen and oxygen atoms in total. The summed E-state index contributed by atoms with van der Waals surface area (Å²) in [5.74, 6) is 1.69. The molecule has 1 aliphatic rings. The average Bonchev–Trinajstić information content (AvgIpc) is 3.19. The van der Waals surface area contributed by atoms with Crippen molar-refractivity contribution in [1.29, 1.82) is 0 Å². The van der Waals surface area contributed by atoms with Gasteiger partial charge in [-0.3, -0.25) is 0 Å². The molecule has 0 spiro atoms. The molecule has 1 unspecified atom stereocenters. The molecule has 1 aromatic carbocycles. The second-order valence-electron chi connectivity index (χ2n) is 4.96. The summed E-state index contributed by atoms with van der Waals surface area (Å²) in [5.41, 5.74) is 3.42. The van der Waals surface area contributed by atoms with E-state index < -0.39 is 0 Å². The van der Waals surface area contributed by atoms with Gasteiger partial charge < -0.3 is 14.8 Å². The van der Waals surface area contributed by atoms with Crippen LogP contribution in [-0.2, 0) is 6.42 Å². The molecule has 1 atom stereocenters. The molecule has 0 bridgehead atoms. The zero-order chi connectivity index (χ0) is 13.4. The normalized spacial score (nSPS) is 16.9. The molecule has 3 heterocycles. The van der Waals surface area contributed by atoms with Crippen molar-refractivity contribution in [3.05, 3.63) is 54.0 Å². The van der Waals surface area contributed by atoms with Crippen molar-refractivity contribution in [3.63, 3.8) is 0 Å². The minimum atomic E-state index is 0.392. The van der Waals surface area contributed by atoms with Gasteiger partial charge in [0.2, 0.25) is 11.7 Å². The number of anilines is 1. The van der Waals surface area contributed by atoms with Crippen molar-refractivity contribution < 1.29 is 4.52 Å². The highest BCUT2D eigenvalue weighted by molar-refractivity contribution is 5.57. The van der Waals surface area contributed by atoms with Crippen molar-refractivity contribution in [2.75, 3.05) is 11.9 Å². The average molecular weight is 266 g/mol. The van der Waals surface area contributed by atoms with Gasteiger partial charge in [-0.25, -0.2) is 0 Å². The first-order chi connectivity index (χ1) is 9.90. The molecule has 5 heteroatoms. The van der Waals surface area contributed by atoms with Crippen LogP contribution in [0.5, 0.6) is 0 Å². The molecular weight excluding hydrogens is 252 g/mol. The summed E-state index contributed by atoms with van der Waals surface area (Å²) in [7, 11) is 0. The molecule has 0 radical (unpaired) electrons. The molecule has 0 fully saturated rings. The van der Waals surface area contributed by atoms with Gasteiger partial charge in [0, 0.05) is 30.8 Å². The number of nitrogens with one attached hydrogen (secondary N) is 2. The molecule has 4 rings (SSSR count). The van der Waals surface area contributed by atoms with Crippen LogP contribution in [0.25, 0.3) is 11.5 Å². The SMILES string of the molecule is c1c[nH]c(-c2noc(CC3CNc4ccccc43)n2)c1. The van der Waals surface area contributed by atoms with Gasteiger partial charge in [-0.2, -0.15) is 4.98 Å². The van der Waals surface area contributed by atoms with Gasteiger partial charge in [-0.05, 0) is 23.8 Å². The Balaban J connectivity index is 1.56. The second-order valence-corrected chi connectivity index (χ2v) is 4.96. The van der Waals surface area contributed by atoms with E-state index in [-0.39, 0.29) is 0 Å². The van der Waals surface area contributed by atoms with Crippen LogP contribution in [0.1, 0.15) is 17.4 Å². The van der Waals surface area contributed by atoms with E-state index >= 15 is 0 Å². The summed E-state index contributed by atoms with van der Waals surface area (Å²) in [4.78, 5) is 7.53. The van der Waals surface area contributed by atoms with E-state index in [0.717, 1.165) is 18.7 Å². The molecular formula is C15H14N4O. The van der Waals surface area contributed by atoms with Gasteiger partial charge in [-0.15, -0.1) is 0 Å². The minimum absolute atomic E-state index is 0.392. The van der Waals surface area contributed by atoms with Crippen molar-refractivity contribution in [3.8, 4) is 11.5 Å². The number of para-hydroxylation sites is 1. The van der Waals surface area contributed by atoms with Crippen LogP contribution >= 0.6 is 0 Å². The number of rotatable bonds is 3. The summed E-state index contributed by atoms with van der Waals surface area (Å²) in [6.07, 6.45) is 2.61. The summed E-state index contributed by atoms with van der Waals surface area (Å²) in [6.45, 7) is 0.916. The fourth-order valence-corrected chi connectivity index (χ4v) is 2.67. The molecule has 100 valence electrons. The van der Waals surface area contributed by atoms with Gasteiger partial charge in [0.05, 0.1) is 5.69 Å². The third-order valence-corrected chi connectivity index (χ3v) is 3.67. The Bertz CT molecular complexity index is 717. The van der Waals surface area contributed by atoms with E-state index in [9.17, 15) is 0 Å². The van der Waals surface area contributed by atoms with Crippen LogP contribution in [0.2, 0.25) is 0 Å². The highest BCUT2D eigenvalue weighted by Crippen LogP contribution is 2.33. The summed E-state index contributed by atoms with van der Waals surface area (Å²) >= 11 is 0. The van der Waals surface area contributed by atoms with Gasteiger partial charge in [0.25, 0.3) is 0 Å². The lowest BCUT2D eigenvalue weighted by molar-refractivity contribution is 0.372. The van der Waals surface area contributed by atoms with Gasteiger partial charge in [0.15, 0.2) is 0 Å². The lowest BCUT2D eigenvalue weighted by Gasteiger charge is -2.05. The number of aromatic nitrogens is 3. The molecule has 20 heavy (non-hydrogen) atoms. The molecule has 0 amide bonds. The third kappa shape index (κ3) is 1.87. The van der Waals surface area contributed by atoms with E-state index in [1.807, 2.05) is 24.4 Å². The Kier molecular flexibility index (Phi) is 2.55. The molecule has 0 saturated heterocycles. The maximum absolute atomic E-state index is 5.36. The predicted molar refractivity (Wildman–Crippen MR) is 75.5 cm³/mol. The molecule has 0 saturated carbocycles. The number of hydrogen-bond acceptors (Lipinski definition) is 4. The number of nitrogens with zero attached hydrogens (tertiary/aromatic N) is 2. The molecule has 0 aliphatic carbocycles. The highest BCUT2D eigenvalue weighted by Gasteiger charge is 2.24. The van der Waals surface area contributed by atoms with E-state index in [4.69, 9.17) is 4.52 Å². The van der Waals surface area contributed by atoms with Crippen LogP contribution < -0.4 is 5.32 Å². The summed E-state index contributed by atoms with van der Waals surface area (Å²) in [5, 5.41) is 7.43. The quantitative estimate of drug-likeness (QED) is 0.765. The lowest BCUT2D eigenvalue weighted by Crippen LogP contribution is -2.05. The Labute approximate surface area is 116 Å². The van der Waals surface area contributed by atoms with Gasteiger partial charge in [-0.1, -0.05) is 23.4 Å². The molecule has 1 aliphatic heterocycles. The van der Waals surface area contributed by atoms with E-state index in [1.165, 1.54) is 11.3 Å². The lowest BCUT2D eigenvalue weighted by atomic mass is 9.98. The summed E-state index contributed by atoms with van der Waals surface area (Å²) < 4.78 is 5.36. The number of hydrogen-bond donors (Lipinski definition) is 2. The molecule has 3 aromatic rings. The molecule has 2 N–H and O–H groups in total. The Morgan fingerprint density at radius 1 is 1.20 bits per heavy atom. The maximum atomic E-state index is 5.36. The third-order valence-electron chi connectivity index (χ3n) is 3.67. The van der Waals surface area contributed by atoms with Crippen molar-refractivity contribution in [2.45, 2.75) is 12.3 Å². The van der Waals surface area contributed by atoms with E-state index in [1.54, 1.807) is 0 Å².